The topological polar surface area (TPSA) is 52.4 Å². The van der Waals surface area contributed by atoms with Gasteiger partial charge in [-0.3, -0.25) is 10.1 Å². The molecule has 5 heteroatoms. The van der Waals surface area contributed by atoms with Crippen molar-refractivity contribution in [3.05, 3.63) is 34.4 Å². The van der Waals surface area contributed by atoms with Crippen LogP contribution in [-0.2, 0) is 0 Å². The molecule has 0 N–H and O–H groups in total. The number of nitrogens with zero attached hydrogens (tertiary/aromatic N) is 1. The molecule has 1 rings (SSSR count). The lowest BCUT2D eigenvalue weighted by Crippen LogP contribution is -2.29. The quantitative estimate of drug-likeness (QED) is 0.439. The number of rotatable bonds is 3. The average molecular weight is 211 g/mol. The number of hydrogen-bond acceptors (Lipinski definition) is 3. The van der Waals surface area contributed by atoms with Crippen LogP contribution in [0.5, 0.6) is 5.75 Å². The summed E-state index contributed by atoms with van der Waals surface area (Å²) in [5.41, 5.74) is 0.0370. The van der Waals surface area contributed by atoms with E-state index in [0.717, 1.165) is 0 Å². The molecule has 14 heavy (non-hydrogen) atoms. The lowest BCUT2D eigenvalue weighted by molar-refractivity contribution is -0.385. The number of nitro benzene ring substituents is 1. The van der Waals surface area contributed by atoms with Gasteiger partial charge in [0.25, 0.3) is 0 Å². The molecule has 0 aliphatic heterocycles. The molecule has 0 aromatic heterocycles. The fourth-order valence-corrected chi connectivity index (χ4v) is 1.86. The normalized spacial score (nSPS) is 11.1. The Morgan fingerprint density at radius 1 is 1.29 bits per heavy atom. The number of para-hydroxylation sites is 2. The smallest absolute Gasteiger partial charge is 0.309 e. The molecule has 1 aromatic carbocycles. The van der Waals surface area contributed by atoms with Crippen LogP contribution < -0.4 is 4.43 Å². The molecule has 0 saturated carbocycles. The van der Waals surface area contributed by atoms with Gasteiger partial charge in [0.15, 0.2) is 5.75 Å². The first-order valence-electron chi connectivity index (χ1n) is 4.32. The Hall–Kier alpha value is -1.36. The van der Waals surface area contributed by atoms with E-state index in [2.05, 4.69) is 0 Å². The highest BCUT2D eigenvalue weighted by molar-refractivity contribution is 6.70. The van der Waals surface area contributed by atoms with Crippen molar-refractivity contribution in [2.75, 3.05) is 0 Å². The van der Waals surface area contributed by atoms with Gasteiger partial charge in [0.1, 0.15) is 0 Å². The third-order valence-corrected chi connectivity index (χ3v) is 2.31. The molecule has 0 aliphatic rings. The van der Waals surface area contributed by atoms with Crippen molar-refractivity contribution in [1.82, 2.24) is 0 Å². The van der Waals surface area contributed by atoms with Crippen LogP contribution in [0.4, 0.5) is 5.69 Å². The highest BCUT2D eigenvalue weighted by atomic mass is 28.4. The van der Waals surface area contributed by atoms with E-state index in [9.17, 15) is 10.1 Å². The van der Waals surface area contributed by atoms with Crippen molar-refractivity contribution in [2.24, 2.45) is 0 Å². The summed E-state index contributed by atoms with van der Waals surface area (Å²) in [6, 6.07) is 6.46. The fourth-order valence-electron chi connectivity index (χ4n) is 1.02. The minimum atomic E-state index is -1.78. The Morgan fingerprint density at radius 2 is 1.86 bits per heavy atom. The van der Waals surface area contributed by atoms with Gasteiger partial charge in [-0.05, 0) is 25.7 Å². The monoisotopic (exact) mass is 211 g/mol. The molecular weight excluding hydrogens is 198 g/mol. The van der Waals surface area contributed by atoms with Crippen LogP contribution in [0.3, 0.4) is 0 Å². The third kappa shape index (κ3) is 2.84. The molecular formula is C9H13NO3Si. The standard InChI is InChI=1S/C9H13NO3Si/c1-14(2,3)13-9-7-5-4-6-8(9)10(11)12/h4-7H,1-3H3. The summed E-state index contributed by atoms with van der Waals surface area (Å²) in [6.45, 7) is 5.97. The van der Waals surface area contributed by atoms with E-state index in [1.54, 1.807) is 18.2 Å². The summed E-state index contributed by atoms with van der Waals surface area (Å²) in [5.74, 6) is 0.372. The van der Waals surface area contributed by atoms with Crippen molar-refractivity contribution < 1.29 is 9.35 Å². The molecule has 0 spiro atoms. The van der Waals surface area contributed by atoms with E-state index < -0.39 is 13.2 Å². The van der Waals surface area contributed by atoms with Crippen LogP contribution >= 0.6 is 0 Å². The van der Waals surface area contributed by atoms with Gasteiger partial charge in [-0.15, -0.1) is 0 Å². The predicted octanol–water partition coefficient (Wildman–Crippen LogP) is 2.81. The zero-order valence-corrected chi connectivity index (χ0v) is 9.48. The van der Waals surface area contributed by atoms with E-state index in [4.69, 9.17) is 4.43 Å². The lowest BCUT2D eigenvalue weighted by atomic mass is 10.3. The van der Waals surface area contributed by atoms with Crippen LogP contribution in [-0.4, -0.2) is 13.2 Å². The average Bonchev–Trinajstić information content (AvgIpc) is 2.01. The van der Waals surface area contributed by atoms with E-state index in [0.29, 0.717) is 5.75 Å². The van der Waals surface area contributed by atoms with Gasteiger partial charge in [-0.1, -0.05) is 12.1 Å². The number of benzene rings is 1. The van der Waals surface area contributed by atoms with Gasteiger partial charge >= 0.3 is 5.69 Å². The maximum atomic E-state index is 10.6. The van der Waals surface area contributed by atoms with E-state index in [1.165, 1.54) is 6.07 Å². The van der Waals surface area contributed by atoms with Gasteiger partial charge in [0.2, 0.25) is 8.32 Å². The van der Waals surface area contributed by atoms with E-state index in [-0.39, 0.29) is 5.69 Å². The van der Waals surface area contributed by atoms with Gasteiger partial charge in [-0.2, -0.15) is 0 Å². The molecule has 0 aliphatic carbocycles. The van der Waals surface area contributed by atoms with E-state index in [1.807, 2.05) is 19.6 Å². The Bertz CT molecular complexity index is 346. The molecule has 76 valence electrons. The van der Waals surface area contributed by atoms with Crippen molar-refractivity contribution in [3.63, 3.8) is 0 Å². The molecule has 0 radical (unpaired) electrons. The number of nitro groups is 1. The summed E-state index contributed by atoms with van der Waals surface area (Å²) < 4.78 is 5.59. The Kier molecular flexibility index (Phi) is 2.90. The largest absolute Gasteiger partial charge is 0.540 e. The van der Waals surface area contributed by atoms with Crippen molar-refractivity contribution in [1.29, 1.82) is 0 Å². The Morgan fingerprint density at radius 3 is 2.36 bits per heavy atom. The van der Waals surface area contributed by atoms with Gasteiger partial charge < -0.3 is 4.43 Å². The first-order chi connectivity index (χ1) is 6.40. The summed E-state index contributed by atoms with van der Waals surface area (Å²) in [6.07, 6.45) is 0. The van der Waals surface area contributed by atoms with Crippen LogP contribution in [0, 0.1) is 10.1 Å². The van der Waals surface area contributed by atoms with Crippen molar-refractivity contribution >= 4 is 14.0 Å². The van der Waals surface area contributed by atoms with Gasteiger partial charge in [0, 0.05) is 6.07 Å². The van der Waals surface area contributed by atoms with Crippen LogP contribution in [0.15, 0.2) is 24.3 Å². The van der Waals surface area contributed by atoms with Crippen molar-refractivity contribution in [3.8, 4) is 5.75 Å². The fraction of sp³-hybridized carbons (Fsp3) is 0.333. The molecule has 0 heterocycles. The minimum absolute atomic E-state index is 0.0370. The second-order valence-electron chi connectivity index (χ2n) is 3.94. The summed E-state index contributed by atoms with van der Waals surface area (Å²) >= 11 is 0. The molecule has 4 nitrogen and oxygen atoms in total. The predicted molar refractivity (Wildman–Crippen MR) is 57.1 cm³/mol. The first kappa shape index (κ1) is 10.7. The number of hydrogen-bond donors (Lipinski definition) is 0. The maximum absolute atomic E-state index is 10.6. The van der Waals surface area contributed by atoms with Crippen molar-refractivity contribution in [2.45, 2.75) is 19.6 Å². The molecule has 0 amide bonds. The second kappa shape index (κ2) is 3.79. The Labute approximate surface area is 83.8 Å². The SMILES string of the molecule is C[Si](C)(C)Oc1ccccc1[N+](=O)[O-]. The molecule has 0 atom stereocenters. The zero-order chi connectivity index (χ0) is 10.8. The molecule has 0 unspecified atom stereocenters. The van der Waals surface area contributed by atoms with Gasteiger partial charge in [-0.25, -0.2) is 0 Å². The molecule has 1 aromatic rings. The van der Waals surface area contributed by atoms with E-state index >= 15 is 0 Å². The molecule has 0 fully saturated rings. The molecule has 0 saturated heterocycles. The highest BCUT2D eigenvalue weighted by Gasteiger charge is 2.21. The Balaban J connectivity index is 3.02. The first-order valence-corrected chi connectivity index (χ1v) is 7.73. The summed E-state index contributed by atoms with van der Waals surface area (Å²) in [7, 11) is -1.78. The van der Waals surface area contributed by atoms with Gasteiger partial charge in [0.05, 0.1) is 4.92 Å². The summed E-state index contributed by atoms with van der Waals surface area (Å²) in [4.78, 5) is 10.2. The zero-order valence-electron chi connectivity index (χ0n) is 8.48. The van der Waals surface area contributed by atoms with Crippen LogP contribution in [0.1, 0.15) is 0 Å². The third-order valence-electron chi connectivity index (χ3n) is 1.48. The maximum Gasteiger partial charge on any atom is 0.309 e. The second-order valence-corrected chi connectivity index (χ2v) is 8.37. The lowest BCUT2D eigenvalue weighted by Gasteiger charge is -2.18. The summed E-state index contributed by atoms with van der Waals surface area (Å²) in [5, 5.41) is 10.6. The van der Waals surface area contributed by atoms with Crippen LogP contribution in [0.25, 0.3) is 0 Å². The van der Waals surface area contributed by atoms with Crippen LogP contribution in [0.2, 0.25) is 19.6 Å². The molecule has 0 bridgehead atoms. The highest BCUT2D eigenvalue weighted by Crippen LogP contribution is 2.28. The minimum Gasteiger partial charge on any atom is -0.540 e.